The summed E-state index contributed by atoms with van der Waals surface area (Å²) in [5, 5.41) is 3.16. The molecule has 1 unspecified atom stereocenters. The van der Waals surface area contributed by atoms with Crippen LogP contribution in [0.3, 0.4) is 0 Å². The van der Waals surface area contributed by atoms with Gasteiger partial charge in [-0.15, -0.1) is 0 Å². The number of halogens is 1. The van der Waals surface area contributed by atoms with Gasteiger partial charge in [0.05, 0.1) is 6.61 Å². The lowest BCUT2D eigenvalue weighted by atomic mass is 9.83. The summed E-state index contributed by atoms with van der Waals surface area (Å²) >= 11 is 0. The molecule has 1 fully saturated rings. The van der Waals surface area contributed by atoms with Gasteiger partial charge in [-0.1, -0.05) is 6.92 Å². The van der Waals surface area contributed by atoms with Crippen LogP contribution in [-0.2, 0) is 4.74 Å². The van der Waals surface area contributed by atoms with Crippen LogP contribution >= 0.6 is 0 Å². The second-order valence-electron chi connectivity index (χ2n) is 3.64. The lowest BCUT2D eigenvalue weighted by molar-refractivity contribution is 0.0103. The van der Waals surface area contributed by atoms with Crippen LogP contribution in [0.4, 0.5) is 4.39 Å². The van der Waals surface area contributed by atoms with E-state index in [1.54, 1.807) is 7.11 Å². The topological polar surface area (TPSA) is 21.3 Å². The molecule has 1 aliphatic heterocycles. The summed E-state index contributed by atoms with van der Waals surface area (Å²) in [7, 11) is 1.63. The number of methoxy groups -OCH3 is 1. The molecule has 72 valence electrons. The van der Waals surface area contributed by atoms with Crippen molar-refractivity contribution < 1.29 is 9.13 Å². The minimum absolute atomic E-state index is 0.0181. The summed E-state index contributed by atoms with van der Waals surface area (Å²) in [6.45, 7) is 4.04. The fourth-order valence-corrected chi connectivity index (χ4v) is 1.73. The molecular formula is C9H18FNO. The molecule has 1 heterocycles. The van der Waals surface area contributed by atoms with Crippen LogP contribution in [0.2, 0.25) is 0 Å². The quantitative estimate of drug-likeness (QED) is 0.699. The minimum Gasteiger partial charge on any atom is -0.384 e. The number of hydrogen-bond donors (Lipinski definition) is 1. The Morgan fingerprint density at radius 2 is 2.08 bits per heavy atom. The maximum absolute atomic E-state index is 14.0. The first-order valence-corrected chi connectivity index (χ1v) is 4.57. The van der Waals surface area contributed by atoms with E-state index in [2.05, 4.69) is 5.32 Å². The van der Waals surface area contributed by atoms with Crippen molar-refractivity contribution in [3.63, 3.8) is 0 Å². The molecule has 1 aliphatic rings. The van der Waals surface area contributed by atoms with Gasteiger partial charge in [-0.3, -0.25) is 0 Å². The molecule has 1 N–H and O–H groups in total. The van der Waals surface area contributed by atoms with E-state index in [9.17, 15) is 4.39 Å². The van der Waals surface area contributed by atoms with E-state index in [1.165, 1.54) is 0 Å². The number of piperidine rings is 1. The highest BCUT2D eigenvalue weighted by Crippen LogP contribution is 2.31. The van der Waals surface area contributed by atoms with Gasteiger partial charge in [-0.05, 0) is 25.9 Å². The standard InChI is InChI=1S/C9H18FNO/c1-8(7-12-2)9(10)3-5-11-6-4-9/h8,11H,3-7H2,1-2H3. The molecule has 0 aromatic heterocycles. The Balaban J connectivity index is 2.44. The molecule has 3 heteroatoms. The van der Waals surface area contributed by atoms with Gasteiger partial charge < -0.3 is 10.1 Å². The molecule has 2 nitrogen and oxygen atoms in total. The van der Waals surface area contributed by atoms with Gasteiger partial charge in [-0.2, -0.15) is 0 Å². The summed E-state index contributed by atoms with van der Waals surface area (Å²) < 4.78 is 19.0. The SMILES string of the molecule is COCC(C)C1(F)CCNCC1. The van der Waals surface area contributed by atoms with E-state index in [-0.39, 0.29) is 5.92 Å². The van der Waals surface area contributed by atoms with Gasteiger partial charge in [0.15, 0.2) is 0 Å². The zero-order chi connectivity index (χ0) is 9.03. The Morgan fingerprint density at radius 1 is 1.50 bits per heavy atom. The van der Waals surface area contributed by atoms with Gasteiger partial charge in [0.1, 0.15) is 5.67 Å². The maximum Gasteiger partial charge on any atom is 0.118 e. The first-order valence-electron chi connectivity index (χ1n) is 4.57. The molecule has 12 heavy (non-hydrogen) atoms. The molecule has 0 aromatic carbocycles. The van der Waals surface area contributed by atoms with Crippen molar-refractivity contribution in [1.82, 2.24) is 5.32 Å². The van der Waals surface area contributed by atoms with E-state index in [1.807, 2.05) is 6.92 Å². The van der Waals surface area contributed by atoms with E-state index in [0.29, 0.717) is 19.4 Å². The molecule has 0 radical (unpaired) electrons. The predicted molar refractivity (Wildman–Crippen MR) is 47.0 cm³/mol. The highest BCUT2D eigenvalue weighted by molar-refractivity contribution is 4.89. The second-order valence-corrected chi connectivity index (χ2v) is 3.64. The average molecular weight is 175 g/mol. The van der Waals surface area contributed by atoms with Crippen molar-refractivity contribution in [3.8, 4) is 0 Å². The van der Waals surface area contributed by atoms with Gasteiger partial charge >= 0.3 is 0 Å². The monoisotopic (exact) mass is 175 g/mol. The Hall–Kier alpha value is -0.150. The van der Waals surface area contributed by atoms with Crippen molar-refractivity contribution in [2.24, 2.45) is 5.92 Å². The molecular weight excluding hydrogens is 157 g/mol. The van der Waals surface area contributed by atoms with Crippen molar-refractivity contribution in [2.45, 2.75) is 25.4 Å². The van der Waals surface area contributed by atoms with E-state index < -0.39 is 5.67 Å². The van der Waals surface area contributed by atoms with Crippen LogP contribution in [0.25, 0.3) is 0 Å². The van der Waals surface area contributed by atoms with Crippen LogP contribution in [0, 0.1) is 5.92 Å². The summed E-state index contributed by atoms with van der Waals surface area (Å²) in [6.07, 6.45) is 1.25. The van der Waals surface area contributed by atoms with Crippen LogP contribution in [-0.4, -0.2) is 32.5 Å². The largest absolute Gasteiger partial charge is 0.384 e. The van der Waals surface area contributed by atoms with Crippen molar-refractivity contribution in [1.29, 1.82) is 0 Å². The van der Waals surface area contributed by atoms with Gasteiger partial charge in [0.25, 0.3) is 0 Å². The molecule has 0 aromatic rings. The van der Waals surface area contributed by atoms with Crippen LogP contribution in [0.15, 0.2) is 0 Å². The maximum atomic E-state index is 14.0. The average Bonchev–Trinajstić information content (AvgIpc) is 2.06. The smallest absolute Gasteiger partial charge is 0.118 e. The Morgan fingerprint density at radius 3 is 2.58 bits per heavy atom. The molecule has 1 rings (SSSR count). The van der Waals surface area contributed by atoms with E-state index >= 15 is 0 Å². The first-order chi connectivity index (χ1) is 5.69. The summed E-state index contributed by atoms with van der Waals surface area (Å²) in [6, 6.07) is 0. The summed E-state index contributed by atoms with van der Waals surface area (Å²) in [5.74, 6) is 0.0181. The zero-order valence-electron chi connectivity index (χ0n) is 7.90. The van der Waals surface area contributed by atoms with Crippen LogP contribution in [0.1, 0.15) is 19.8 Å². The highest BCUT2D eigenvalue weighted by Gasteiger charge is 2.37. The fourth-order valence-electron chi connectivity index (χ4n) is 1.73. The van der Waals surface area contributed by atoms with Gasteiger partial charge in [0, 0.05) is 13.0 Å². The van der Waals surface area contributed by atoms with E-state index in [0.717, 1.165) is 13.1 Å². The number of ether oxygens (including phenoxy) is 1. The highest BCUT2D eigenvalue weighted by atomic mass is 19.1. The van der Waals surface area contributed by atoms with Crippen molar-refractivity contribution in [2.75, 3.05) is 26.8 Å². The number of hydrogen-bond acceptors (Lipinski definition) is 2. The second kappa shape index (κ2) is 4.19. The number of nitrogens with one attached hydrogen (secondary N) is 1. The third kappa shape index (κ3) is 2.17. The predicted octanol–water partition coefficient (Wildman–Crippen LogP) is 1.36. The zero-order valence-corrected chi connectivity index (χ0v) is 7.90. The molecule has 0 aliphatic carbocycles. The molecule has 0 saturated carbocycles. The first kappa shape index (κ1) is 9.93. The van der Waals surface area contributed by atoms with Crippen molar-refractivity contribution >= 4 is 0 Å². The number of alkyl halides is 1. The third-order valence-corrected chi connectivity index (χ3v) is 2.73. The Kier molecular flexibility index (Phi) is 3.47. The van der Waals surface area contributed by atoms with E-state index in [4.69, 9.17) is 4.74 Å². The molecule has 1 saturated heterocycles. The molecule has 0 amide bonds. The van der Waals surface area contributed by atoms with Crippen molar-refractivity contribution in [3.05, 3.63) is 0 Å². The lowest BCUT2D eigenvalue weighted by Gasteiger charge is -2.34. The molecule has 0 bridgehead atoms. The summed E-state index contributed by atoms with van der Waals surface area (Å²) in [4.78, 5) is 0. The van der Waals surface area contributed by atoms with Crippen LogP contribution in [0.5, 0.6) is 0 Å². The fraction of sp³-hybridized carbons (Fsp3) is 1.00. The molecule has 0 spiro atoms. The summed E-state index contributed by atoms with van der Waals surface area (Å²) in [5.41, 5.74) is -0.999. The third-order valence-electron chi connectivity index (χ3n) is 2.73. The molecule has 1 atom stereocenters. The Labute approximate surface area is 73.5 Å². The van der Waals surface area contributed by atoms with Gasteiger partial charge in [0.2, 0.25) is 0 Å². The van der Waals surface area contributed by atoms with Gasteiger partial charge in [-0.25, -0.2) is 4.39 Å². The normalized spacial score (nSPS) is 25.2. The number of rotatable bonds is 3. The lowest BCUT2D eigenvalue weighted by Crippen LogP contribution is -2.44. The Bertz CT molecular complexity index is 134. The van der Waals surface area contributed by atoms with Crippen LogP contribution < -0.4 is 5.32 Å². The minimum atomic E-state index is -0.999.